The van der Waals surface area contributed by atoms with Gasteiger partial charge in [-0.1, -0.05) is 234 Å². The molecule has 0 fully saturated rings. The first-order valence-electron chi connectivity index (χ1n) is 25.1. The maximum Gasteiger partial charge on any atom is 0.306 e. The highest BCUT2D eigenvalue weighted by atomic mass is 16.6. The standard InChI is InChI=1S/C51H98O6/c1-7-47(6)39-33-27-21-14-11-12-15-22-28-34-40-49(52)55-43-48(44-56-50(53)41-35-29-23-18-17-20-26-32-38-46(4)5)57-51(54)42-36-30-24-16-10-8-9-13-19-25-31-37-45(2)3/h45-48H,7-44H2,1-6H3/t47?,48-/m0/s1. The molecule has 0 spiro atoms. The van der Waals surface area contributed by atoms with E-state index in [9.17, 15) is 14.4 Å². The van der Waals surface area contributed by atoms with Crippen LogP contribution >= 0.6 is 0 Å². The van der Waals surface area contributed by atoms with Crippen LogP contribution in [0.25, 0.3) is 0 Å². The van der Waals surface area contributed by atoms with Gasteiger partial charge in [-0.2, -0.15) is 0 Å². The number of rotatable bonds is 44. The minimum Gasteiger partial charge on any atom is -0.462 e. The summed E-state index contributed by atoms with van der Waals surface area (Å²) in [5.41, 5.74) is 0. The summed E-state index contributed by atoms with van der Waals surface area (Å²) in [6, 6.07) is 0. The number of hydrogen-bond acceptors (Lipinski definition) is 6. The van der Waals surface area contributed by atoms with E-state index in [4.69, 9.17) is 14.2 Å². The van der Waals surface area contributed by atoms with Crippen LogP contribution in [0.2, 0.25) is 0 Å². The molecule has 0 aliphatic carbocycles. The van der Waals surface area contributed by atoms with E-state index >= 15 is 0 Å². The number of unbranched alkanes of at least 4 members (excludes halogenated alkanes) is 26. The van der Waals surface area contributed by atoms with Crippen LogP contribution in [0, 0.1) is 17.8 Å². The summed E-state index contributed by atoms with van der Waals surface area (Å²) in [4.78, 5) is 37.9. The zero-order valence-corrected chi connectivity index (χ0v) is 39.1. The van der Waals surface area contributed by atoms with Crippen LogP contribution in [0.15, 0.2) is 0 Å². The van der Waals surface area contributed by atoms with Crippen molar-refractivity contribution in [1.82, 2.24) is 0 Å². The number of esters is 3. The predicted molar refractivity (Wildman–Crippen MR) is 243 cm³/mol. The fourth-order valence-electron chi connectivity index (χ4n) is 7.55. The Kier molecular flexibility index (Phi) is 41.3. The van der Waals surface area contributed by atoms with Crippen LogP contribution in [0.3, 0.4) is 0 Å². The lowest BCUT2D eigenvalue weighted by Crippen LogP contribution is -2.30. The molecule has 0 amide bonds. The van der Waals surface area contributed by atoms with Gasteiger partial charge in [0.05, 0.1) is 0 Å². The molecule has 0 aromatic carbocycles. The van der Waals surface area contributed by atoms with Crippen molar-refractivity contribution in [2.24, 2.45) is 17.8 Å². The molecule has 0 aliphatic rings. The fraction of sp³-hybridized carbons (Fsp3) is 0.941. The molecule has 57 heavy (non-hydrogen) atoms. The first-order valence-corrected chi connectivity index (χ1v) is 25.1. The molecule has 0 saturated heterocycles. The Balaban J connectivity index is 4.33. The van der Waals surface area contributed by atoms with Crippen LogP contribution < -0.4 is 0 Å². The summed E-state index contributed by atoms with van der Waals surface area (Å²) in [6.07, 6.45) is 40.8. The van der Waals surface area contributed by atoms with E-state index in [-0.39, 0.29) is 31.1 Å². The third-order valence-electron chi connectivity index (χ3n) is 11.8. The van der Waals surface area contributed by atoms with Gasteiger partial charge in [0.2, 0.25) is 0 Å². The molecule has 0 heterocycles. The molecule has 0 bridgehead atoms. The lowest BCUT2D eigenvalue weighted by atomic mass is 9.99. The van der Waals surface area contributed by atoms with E-state index in [1.807, 2.05) is 0 Å². The normalized spacial score (nSPS) is 12.6. The summed E-state index contributed by atoms with van der Waals surface area (Å²) in [5, 5.41) is 0. The van der Waals surface area contributed by atoms with Gasteiger partial charge in [0, 0.05) is 19.3 Å². The van der Waals surface area contributed by atoms with E-state index in [0.29, 0.717) is 19.3 Å². The second-order valence-corrected chi connectivity index (χ2v) is 18.6. The molecule has 0 N–H and O–H groups in total. The highest BCUT2D eigenvalue weighted by Crippen LogP contribution is 2.18. The van der Waals surface area contributed by atoms with E-state index in [1.165, 1.54) is 154 Å². The SMILES string of the molecule is CCC(C)CCCCCCCCCCCCC(=O)OC[C@@H](COC(=O)CCCCCCCCCCC(C)C)OC(=O)CCCCCCCCCCCCCC(C)C. The quantitative estimate of drug-likeness (QED) is 0.0347. The Hall–Kier alpha value is -1.59. The summed E-state index contributed by atoms with van der Waals surface area (Å²) >= 11 is 0. The monoisotopic (exact) mass is 807 g/mol. The van der Waals surface area contributed by atoms with E-state index in [2.05, 4.69) is 41.5 Å². The maximum atomic E-state index is 12.8. The zero-order valence-electron chi connectivity index (χ0n) is 39.1. The van der Waals surface area contributed by atoms with Gasteiger partial charge >= 0.3 is 17.9 Å². The van der Waals surface area contributed by atoms with Crippen molar-refractivity contribution >= 4 is 17.9 Å². The van der Waals surface area contributed by atoms with Gasteiger partial charge in [-0.25, -0.2) is 0 Å². The highest BCUT2D eigenvalue weighted by molar-refractivity contribution is 5.71. The molecule has 0 saturated carbocycles. The molecule has 0 aromatic heterocycles. The van der Waals surface area contributed by atoms with Crippen molar-refractivity contribution in [3.63, 3.8) is 0 Å². The predicted octanol–water partition coefficient (Wildman–Crippen LogP) is 16.0. The molecule has 0 radical (unpaired) electrons. The van der Waals surface area contributed by atoms with Gasteiger partial charge in [-0.05, 0) is 37.0 Å². The first kappa shape index (κ1) is 55.4. The average molecular weight is 807 g/mol. The van der Waals surface area contributed by atoms with Gasteiger partial charge < -0.3 is 14.2 Å². The van der Waals surface area contributed by atoms with Gasteiger partial charge in [0.15, 0.2) is 6.10 Å². The van der Waals surface area contributed by atoms with Crippen LogP contribution in [-0.2, 0) is 28.6 Å². The molecule has 2 atom stereocenters. The number of carbonyl (C=O) groups excluding carboxylic acids is 3. The van der Waals surface area contributed by atoms with Gasteiger partial charge in [0.25, 0.3) is 0 Å². The number of carbonyl (C=O) groups is 3. The van der Waals surface area contributed by atoms with Crippen LogP contribution in [0.5, 0.6) is 0 Å². The van der Waals surface area contributed by atoms with Crippen molar-refractivity contribution < 1.29 is 28.6 Å². The third kappa shape index (κ3) is 43.8. The van der Waals surface area contributed by atoms with Crippen molar-refractivity contribution in [1.29, 1.82) is 0 Å². The maximum absolute atomic E-state index is 12.8. The smallest absolute Gasteiger partial charge is 0.306 e. The second-order valence-electron chi connectivity index (χ2n) is 18.6. The number of ether oxygens (including phenoxy) is 3. The lowest BCUT2D eigenvalue weighted by Gasteiger charge is -2.18. The Labute approximate surface area is 355 Å². The molecule has 0 aromatic rings. The summed E-state index contributed by atoms with van der Waals surface area (Å²) in [5.74, 6) is 1.63. The van der Waals surface area contributed by atoms with Crippen molar-refractivity contribution in [2.45, 2.75) is 279 Å². The summed E-state index contributed by atoms with van der Waals surface area (Å²) in [7, 11) is 0. The summed E-state index contributed by atoms with van der Waals surface area (Å²) < 4.78 is 16.8. The Bertz CT molecular complexity index is 885. The third-order valence-corrected chi connectivity index (χ3v) is 11.8. The van der Waals surface area contributed by atoms with E-state index in [0.717, 1.165) is 75.5 Å². The van der Waals surface area contributed by atoms with Gasteiger partial charge in [0.1, 0.15) is 13.2 Å². The summed E-state index contributed by atoms with van der Waals surface area (Å²) in [6.45, 7) is 13.7. The Morgan fingerprint density at radius 1 is 0.351 bits per heavy atom. The molecule has 0 rings (SSSR count). The molecule has 6 nitrogen and oxygen atoms in total. The minimum absolute atomic E-state index is 0.0654. The average Bonchev–Trinajstić information content (AvgIpc) is 3.18. The molecule has 1 unspecified atom stereocenters. The zero-order chi connectivity index (χ0) is 42.0. The molecular weight excluding hydrogens is 709 g/mol. The van der Waals surface area contributed by atoms with Gasteiger partial charge in [-0.15, -0.1) is 0 Å². The van der Waals surface area contributed by atoms with Crippen molar-refractivity contribution in [3.8, 4) is 0 Å². The van der Waals surface area contributed by atoms with Crippen LogP contribution in [0.1, 0.15) is 273 Å². The van der Waals surface area contributed by atoms with Crippen molar-refractivity contribution in [3.05, 3.63) is 0 Å². The molecule has 338 valence electrons. The molecule has 6 heteroatoms. The Morgan fingerprint density at radius 3 is 0.912 bits per heavy atom. The molecular formula is C51H98O6. The lowest BCUT2D eigenvalue weighted by molar-refractivity contribution is -0.167. The largest absolute Gasteiger partial charge is 0.462 e. The number of hydrogen-bond donors (Lipinski definition) is 0. The van der Waals surface area contributed by atoms with Crippen LogP contribution in [-0.4, -0.2) is 37.2 Å². The highest BCUT2D eigenvalue weighted by Gasteiger charge is 2.19. The molecule has 0 aliphatic heterocycles. The van der Waals surface area contributed by atoms with Gasteiger partial charge in [-0.3, -0.25) is 14.4 Å². The Morgan fingerprint density at radius 2 is 0.614 bits per heavy atom. The van der Waals surface area contributed by atoms with Crippen molar-refractivity contribution in [2.75, 3.05) is 13.2 Å². The van der Waals surface area contributed by atoms with E-state index in [1.54, 1.807) is 0 Å². The topological polar surface area (TPSA) is 78.9 Å². The minimum atomic E-state index is -0.762. The first-order chi connectivity index (χ1) is 27.6. The fourth-order valence-corrected chi connectivity index (χ4v) is 7.55. The van der Waals surface area contributed by atoms with E-state index < -0.39 is 6.10 Å². The second kappa shape index (κ2) is 42.5. The van der Waals surface area contributed by atoms with Crippen LogP contribution in [0.4, 0.5) is 0 Å².